The average molecular weight is 378 g/mol. The highest BCUT2D eigenvalue weighted by Crippen LogP contribution is 2.27. The predicted molar refractivity (Wildman–Crippen MR) is 111 cm³/mol. The van der Waals surface area contributed by atoms with Gasteiger partial charge in [0.15, 0.2) is 0 Å². The van der Waals surface area contributed by atoms with E-state index in [4.69, 9.17) is 4.99 Å². The largest absolute Gasteiger partial charge is 0.351 e. The molecule has 134 valence electrons. The van der Waals surface area contributed by atoms with E-state index >= 15 is 0 Å². The maximum absolute atomic E-state index is 14.0. The van der Waals surface area contributed by atoms with Crippen molar-refractivity contribution >= 4 is 50.9 Å². The molecule has 3 nitrogen and oxygen atoms in total. The van der Waals surface area contributed by atoms with Gasteiger partial charge in [0, 0.05) is 23.3 Å². The highest BCUT2D eigenvalue weighted by molar-refractivity contribution is 6.08. The fourth-order valence-corrected chi connectivity index (χ4v) is 3.64. The van der Waals surface area contributed by atoms with Crippen molar-refractivity contribution in [2.24, 2.45) is 12.0 Å². The third-order valence-electron chi connectivity index (χ3n) is 4.82. The van der Waals surface area contributed by atoms with E-state index in [9.17, 15) is 4.39 Å². The molecule has 0 saturated carbocycles. The van der Waals surface area contributed by atoms with Gasteiger partial charge in [-0.1, -0.05) is 36.4 Å². The van der Waals surface area contributed by atoms with Gasteiger partial charge in [0.25, 0.3) is 0 Å². The summed E-state index contributed by atoms with van der Waals surface area (Å²) in [5.74, 6) is -0.266. The second-order valence-electron chi connectivity index (χ2n) is 6.41. The SMILES string of the molecule is Cl.Cn1c2ccc(F)cc2c(=Nc2ccccc2)c2[nH]c3ccccc3c21. The Bertz CT molecular complexity index is 1350. The number of pyridine rings is 1. The van der Waals surface area contributed by atoms with Crippen molar-refractivity contribution in [2.45, 2.75) is 0 Å². The van der Waals surface area contributed by atoms with Crippen molar-refractivity contribution in [3.63, 3.8) is 0 Å². The van der Waals surface area contributed by atoms with Gasteiger partial charge in [-0.3, -0.25) is 0 Å². The molecular weight excluding hydrogens is 361 g/mol. The summed E-state index contributed by atoms with van der Waals surface area (Å²) < 4.78 is 16.1. The Labute approximate surface area is 161 Å². The normalized spacial score (nSPS) is 12.0. The predicted octanol–water partition coefficient (Wildman–Crippen LogP) is 5.61. The Morgan fingerprint density at radius 2 is 1.63 bits per heavy atom. The Morgan fingerprint density at radius 3 is 2.44 bits per heavy atom. The zero-order valence-corrected chi connectivity index (χ0v) is 15.4. The van der Waals surface area contributed by atoms with E-state index in [1.807, 2.05) is 61.6 Å². The van der Waals surface area contributed by atoms with Gasteiger partial charge in [-0.2, -0.15) is 0 Å². The van der Waals surface area contributed by atoms with Crippen LogP contribution < -0.4 is 5.36 Å². The average Bonchev–Trinajstić information content (AvgIpc) is 3.05. The van der Waals surface area contributed by atoms with E-state index in [0.29, 0.717) is 0 Å². The number of benzene rings is 3. The molecule has 0 amide bonds. The molecule has 0 aliphatic heterocycles. The van der Waals surface area contributed by atoms with E-state index in [2.05, 4.69) is 15.6 Å². The lowest BCUT2D eigenvalue weighted by atomic mass is 10.1. The lowest BCUT2D eigenvalue weighted by molar-refractivity contribution is 0.629. The maximum atomic E-state index is 14.0. The number of para-hydroxylation sites is 2. The minimum atomic E-state index is -0.266. The minimum Gasteiger partial charge on any atom is -0.351 e. The summed E-state index contributed by atoms with van der Waals surface area (Å²) in [4.78, 5) is 8.35. The topological polar surface area (TPSA) is 33.1 Å². The number of nitrogens with one attached hydrogen (secondary N) is 1. The molecule has 0 bridgehead atoms. The summed E-state index contributed by atoms with van der Waals surface area (Å²) in [7, 11) is 2.01. The Balaban J connectivity index is 0.00000180. The number of hydrogen-bond acceptors (Lipinski definition) is 1. The molecule has 0 unspecified atom stereocenters. The lowest BCUT2D eigenvalue weighted by Crippen LogP contribution is -2.10. The molecule has 5 rings (SSSR count). The van der Waals surface area contributed by atoms with Gasteiger partial charge in [0.1, 0.15) is 5.82 Å². The highest BCUT2D eigenvalue weighted by atomic mass is 35.5. The summed E-state index contributed by atoms with van der Waals surface area (Å²) in [5.41, 5.74) is 4.80. The molecule has 27 heavy (non-hydrogen) atoms. The van der Waals surface area contributed by atoms with Gasteiger partial charge >= 0.3 is 0 Å². The van der Waals surface area contributed by atoms with Crippen LogP contribution in [0, 0.1) is 5.82 Å². The summed E-state index contributed by atoms with van der Waals surface area (Å²) in [6.07, 6.45) is 0. The lowest BCUT2D eigenvalue weighted by Gasteiger charge is -2.10. The van der Waals surface area contributed by atoms with Crippen LogP contribution in [-0.4, -0.2) is 9.55 Å². The van der Waals surface area contributed by atoms with Crippen LogP contribution in [-0.2, 0) is 7.05 Å². The van der Waals surface area contributed by atoms with Crippen LogP contribution in [0.1, 0.15) is 0 Å². The first-order valence-electron chi connectivity index (χ1n) is 8.51. The van der Waals surface area contributed by atoms with Crippen LogP contribution in [0.4, 0.5) is 10.1 Å². The molecule has 0 spiro atoms. The zero-order valence-electron chi connectivity index (χ0n) is 14.6. The number of H-pyrrole nitrogens is 1. The smallest absolute Gasteiger partial charge is 0.124 e. The first-order valence-corrected chi connectivity index (χ1v) is 8.51. The van der Waals surface area contributed by atoms with Crippen molar-refractivity contribution in [2.75, 3.05) is 0 Å². The van der Waals surface area contributed by atoms with Crippen molar-refractivity contribution in [3.8, 4) is 0 Å². The molecule has 1 N–H and O–H groups in total. The molecule has 3 aromatic carbocycles. The first kappa shape index (κ1) is 17.3. The first-order chi connectivity index (χ1) is 12.7. The Kier molecular flexibility index (Phi) is 4.21. The minimum absolute atomic E-state index is 0. The molecule has 0 atom stereocenters. The Hall–Kier alpha value is -3.11. The van der Waals surface area contributed by atoms with E-state index in [0.717, 1.165) is 43.9 Å². The molecule has 0 aliphatic carbocycles. The zero-order chi connectivity index (χ0) is 17.7. The van der Waals surface area contributed by atoms with Crippen molar-refractivity contribution in [1.29, 1.82) is 0 Å². The van der Waals surface area contributed by atoms with Gasteiger partial charge in [-0.05, 0) is 36.4 Å². The van der Waals surface area contributed by atoms with Crippen molar-refractivity contribution in [3.05, 3.63) is 84.0 Å². The van der Waals surface area contributed by atoms with E-state index in [-0.39, 0.29) is 18.2 Å². The van der Waals surface area contributed by atoms with Crippen LogP contribution in [0.3, 0.4) is 0 Å². The fraction of sp³-hybridized carbons (Fsp3) is 0.0455. The van der Waals surface area contributed by atoms with Gasteiger partial charge in [-0.25, -0.2) is 9.38 Å². The van der Waals surface area contributed by atoms with Crippen molar-refractivity contribution in [1.82, 2.24) is 9.55 Å². The molecule has 0 aliphatic rings. The standard InChI is InChI=1S/C22H16FN3.ClH/c1-26-19-12-11-14(23)13-17(19)20(24-15-7-3-2-4-8-15)21-22(26)16-9-5-6-10-18(16)25-21;/h2-13,25H,1H3;1H. The summed E-state index contributed by atoms with van der Waals surface area (Å²) in [5, 5.41) is 2.67. The number of fused-ring (bicyclic) bond motifs is 4. The van der Waals surface area contributed by atoms with Gasteiger partial charge in [0.05, 0.1) is 27.6 Å². The number of aryl methyl sites for hydroxylation is 1. The summed E-state index contributed by atoms with van der Waals surface area (Å²) in [6, 6.07) is 22.8. The molecular formula is C22H17ClFN3. The third kappa shape index (κ3) is 2.69. The molecule has 2 aromatic heterocycles. The number of hydrogen-bond donors (Lipinski definition) is 1. The summed E-state index contributed by atoms with van der Waals surface area (Å²) in [6.45, 7) is 0. The van der Waals surface area contributed by atoms with E-state index in [1.165, 1.54) is 6.07 Å². The maximum Gasteiger partial charge on any atom is 0.124 e. The molecule has 0 radical (unpaired) electrons. The van der Waals surface area contributed by atoms with Crippen molar-refractivity contribution < 1.29 is 4.39 Å². The van der Waals surface area contributed by atoms with E-state index in [1.54, 1.807) is 6.07 Å². The fourth-order valence-electron chi connectivity index (χ4n) is 3.64. The highest BCUT2D eigenvalue weighted by Gasteiger charge is 2.13. The number of nitrogens with zero attached hydrogens (tertiary/aromatic N) is 2. The number of halogens is 2. The molecule has 0 saturated heterocycles. The molecule has 0 fully saturated rings. The number of rotatable bonds is 1. The van der Waals surface area contributed by atoms with Crippen LogP contribution in [0.5, 0.6) is 0 Å². The van der Waals surface area contributed by atoms with Gasteiger partial charge in [0.2, 0.25) is 0 Å². The Morgan fingerprint density at radius 1 is 0.889 bits per heavy atom. The number of aromatic amines is 1. The van der Waals surface area contributed by atoms with E-state index < -0.39 is 0 Å². The van der Waals surface area contributed by atoms with Crippen LogP contribution >= 0.6 is 12.4 Å². The van der Waals surface area contributed by atoms with Gasteiger partial charge in [-0.15, -0.1) is 12.4 Å². The second-order valence-corrected chi connectivity index (χ2v) is 6.41. The molecule has 2 heterocycles. The third-order valence-corrected chi connectivity index (χ3v) is 4.82. The number of aromatic nitrogens is 2. The van der Waals surface area contributed by atoms with Gasteiger partial charge < -0.3 is 9.55 Å². The van der Waals surface area contributed by atoms with Crippen LogP contribution in [0.25, 0.3) is 32.8 Å². The van der Waals surface area contributed by atoms with Crippen LogP contribution in [0.15, 0.2) is 77.8 Å². The monoisotopic (exact) mass is 377 g/mol. The quantitative estimate of drug-likeness (QED) is 0.394. The molecule has 5 heteroatoms. The van der Waals surface area contributed by atoms with Crippen LogP contribution in [0.2, 0.25) is 0 Å². The summed E-state index contributed by atoms with van der Waals surface area (Å²) >= 11 is 0. The molecule has 5 aromatic rings. The second kappa shape index (κ2) is 6.56.